The van der Waals surface area contributed by atoms with E-state index < -0.39 is 4.92 Å². The number of nitrogens with one attached hydrogen (secondary N) is 2. The van der Waals surface area contributed by atoms with Gasteiger partial charge in [-0.05, 0) is 18.1 Å². The van der Waals surface area contributed by atoms with Crippen molar-refractivity contribution < 1.29 is 4.92 Å². The number of aliphatic imine (C=N–C) groups is 1. The van der Waals surface area contributed by atoms with Crippen LogP contribution in [0.2, 0.25) is 0 Å². The third-order valence-corrected chi connectivity index (χ3v) is 3.46. The summed E-state index contributed by atoms with van der Waals surface area (Å²) in [7, 11) is 1.69. The largest absolute Gasteiger partial charge is 0.352 e. The lowest BCUT2D eigenvalue weighted by atomic mass is 10.1. The second kappa shape index (κ2) is 7.93. The zero-order valence-corrected chi connectivity index (χ0v) is 13.2. The highest BCUT2D eigenvalue weighted by Crippen LogP contribution is 2.13. The summed E-state index contributed by atoms with van der Waals surface area (Å²) in [5.41, 5.74) is 2.07. The molecule has 120 valence electrons. The van der Waals surface area contributed by atoms with Crippen LogP contribution >= 0.6 is 0 Å². The lowest BCUT2D eigenvalue weighted by molar-refractivity contribution is -0.384. The summed E-state index contributed by atoms with van der Waals surface area (Å²) in [5, 5.41) is 17.3. The normalized spacial score (nSPS) is 12.5. The van der Waals surface area contributed by atoms with Crippen molar-refractivity contribution in [2.75, 3.05) is 7.05 Å². The molecule has 0 heterocycles. The topological polar surface area (TPSA) is 79.6 Å². The molecular weight excluding hydrogens is 292 g/mol. The number of hydrogen-bond acceptors (Lipinski definition) is 3. The molecule has 0 saturated carbocycles. The Kier molecular flexibility index (Phi) is 5.68. The van der Waals surface area contributed by atoms with Gasteiger partial charge >= 0.3 is 0 Å². The van der Waals surface area contributed by atoms with E-state index in [0.717, 1.165) is 11.1 Å². The first-order chi connectivity index (χ1) is 11.1. The van der Waals surface area contributed by atoms with Crippen LogP contribution in [0, 0.1) is 10.1 Å². The molecule has 2 aromatic rings. The van der Waals surface area contributed by atoms with Crippen molar-refractivity contribution in [3.05, 3.63) is 75.8 Å². The number of guanidine groups is 1. The Morgan fingerprint density at radius 2 is 1.96 bits per heavy atom. The number of rotatable bonds is 5. The highest BCUT2D eigenvalue weighted by molar-refractivity contribution is 5.80. The van der Waals surface area contributed by atoms with Gasteiger partial charge in [0.2, 0.25) is 0 Å². The molecule has 0 aliphatic heterocycles. The number of hydrogen-bond donors (Lipinski definition) is 2. The number of benzene rings is 2. The Bertz CT molecular complexity index is 686. The summed E-state index contributed by atoms with van der Waals surface area (Å²) in [6, 6.07) is 16.7. The lowest BCUT2D eigenvalue weighted by Crippen LogP contribution is -2.38. The summed E-state index contributed by atoms with van der Waals surface area (Å²) in [6.07, 6.45) is 0. The highest BCUT2D eigenvalue weighted by atomic mass is 16.6. The number of nitro benzene ring substituents is 1. The number of nitro groups is 1. The molecule has 6 nitrogen and oxygen atoms in total. The predicted molar refractivity (Wildman–Crippen MR) is 91.3 cm³/mol. The molecule has 2 aromatic carbocycles. The molecule has 23 heavy (non-hydrogen) atoms. The van der Waals surface area contributed by atoms with Crippen molar-refractivity contribution in [3.63, 3.8) is 0 Å². The predicted octanol–water partition coefficient (Wildman–Crippen LogP) is 3.02. The molecule has 0 radical (unpaired) electrons. The van der Waals surface area contributed by atoms with Gasteiger partial charge in [0, 0.05) is 25.7 Å². The van der Waals surface area contributed by atoms with Crippen molar-refractivity contribution in [3.8, 4) is 0 Å². The van der Waals surface area contributed by atoms with E-state index in [-0.39, 0.29) is 11.7 Å². The molecule has 0 fully saturated rings. The van der Waals surface area contributed by atoms with E-state index in [1.54, 1.807) is 19.2 Å². The number of nitrogens with zero attached hydrogens (tertiary/aromatic N) is 2. The molecule has 1 atom stereocenters. The van der Waals surface area contributed by atoms with E-state index in [1.807, 2.05) is 36.4 Å². The summed E-state index contributed by atoms with van der Waals surface area (Å²) >= 11 is 0. The smallest absolute Gasteiger partial charge is 0.269 e. The fraction of sp³-hybridized carbons (Fsp3) is 0.235. The third-order valence-electron chi connectivity index (χ3n) is 3.46. The summed E-state index contributed by atoms with van der Waals surface area (Å²) in [5.74, 6) is 0.646. The monoisotopic (exact) mass is 312 g/mol. The van der Waals surface area contributed by atoms with Gasteiger partial charge in [-0.1, -0.05) is 42.5 Å². The Balaban J connectivity index is 1.95. The van der Waals surface area contributed by atoms with Gasteiger partial charge in [0.05, 0.1) is 11.0 Å². The maximum atomic E-state index is 10.8. The first-order valence-corrected chi connectivity index (χ1v) is 7.35. The molecule has 0 saturated heterocycles. The molecule has 0 aliphatic carbocycles. The van der Waals surface area contributed by atoms with Gasteiger partial charge in [-0.2, -0.15) is 0 Å². The van der Waals surface area contributed by atoms with Crippen LogP contribution in [-0.2, 0) is 6.54 Å². The lowest BCUT2D eigenvalue weighted by Gasteiger charge is -2.18. The van der Waals surface area contributed by atoms with Crippen LogP contribution in [0.5, 0.6) is 0 Å². The van der Waals surface area contributed by atoms with Crippen LogP contribution in [0.3, 0.4) is 0 Å². The molecule has 2 N–H and O–H groups in total. The molecule has 0 amide bonds. The Hall–Kier alpha value is -2.89. The van der Waals surface area contributed by atoms with E-state index in [0.29, 0.717) is 12.5 Å². The minimum atomic E-state index is -0.395. The fourth-order valence-electron chi connectivity index (χ4n) is 2.19. The van der Waals surface area contributed by atoms with Crippen LogP contribution in [0.25, 0.3) is 0 Å². The van der Waals surface area contributed by atoms with Crippen LogP contribution in [-0.4, -0.2) is 17.9 Å². The summed E-state index contributed by atoms with van der Waals surface area (Å²) in [6.45, 7) is 2.51. The SMILES string of the molecule is CN=C(NCc1cccc([N+](=O)[O-])c1)NC(C)c1ccccc1. The van der Waals surface area contributed by atoms with Crippen molar-refractivity contribution >= 4 is 11.6 Å². The highest BCUT2D eigenvalue weighted by Gasteiger charge is 2.08. The third kappa shape index (κ3) is 4.81. The Labute approximate surface area is 135 Å². The molecule has 0 aromatic heterocycles. The van der Waals surface area contributed by atoms with Gasteiger partial charge in [0.15, 0.2) is 5.96 Å². The minimum Gasteiger partial charge on any atom is -0.352 e. The van der Waals surface area contributed by atoms with E-state index in [1.165, 1.54) is 6.07 Å². The average Bonchev–Trinajstić information content (AvgIpc) is 2.59. The van der Waals surface area contributed by atoms with Crippen molar-refractivity contribution in [2.24, 2.45) is 4.99 Å². The first kappa shape index (κ1) is 16.5. The van der Waals surface area contributed by atoms with Crippen molar-refractivity contribution in [2.45, 2.75) is 19.5 Å². The van der Waals surface area contributed by atoms with Gasteiger partial charge in [-0.25, -0.2) is 0 Å². The average molecular weight is 312 g/mol. The van der Waals surface area contributed by atoms with Crippen LogP contribution < -0.4 is 10.6 Å². The van der Waals surface area contributed by atoms with Gasteiger partial charge in [0.25, 0.3) is 5.69 Å². The molecular formula is C17H20N4O2. The van der Waals surface area contributed by atoms with Gasteiger partial charge in [-0.15, -0.1) is 0 Å². The van der Waals surface area contributed by atoms with Crippen LogP contribution in [0.1, 0.15) is 24.1 Å². The molecule has 2 rings (SSSR count). The fourth-order valence-corrected chi connectivity index (χ4v) is 2.19. The molecule has 6 heteroatoms. The maximum Gasteiger partial charge on any atom is 0.269 e. The standard InChI is InChI=1S/C17H20N4O2/c1-13(15-8-4-3-5-9-15)20-17(18-2)19-12-14-7-6-10-16(11-14)21(22)23/h3-11,13H,12H2,1-2H3,(H2,18,19,20). The first-order valence-electron chi connectivity index (χ1n) is 7.35. The molecule has 1 unspecified atom stereocenters. The van der Waals surface area contributed by atoms with Crippen LogP contribution in [0.15, 0.2) is 59.6 Å². The van der Waals surface area contributed by atoms with Crippen molar-refractivity contribution in [1.82, 2.24) is 10.6 Å². The quantitative estimate of drug-likeness (QED) is 0.385. The maximum absolute atomic E-state index is 10.8. The van der Waals surface area contributed by atoms with Crippen LogP contribution in [0.4, 0.5) is 5.69 Å². The summed E-state index contributed by atoms with van der Waals surface area (Å²) < 4.78 is 0. The van der Waals surface area contributed by atoms with E-state index in [2.05, 4.69) is 22.5 Å². The molecule has 0 aliphatic rings. The van der Waals surface area contributed by atoms with Gasteiger partial charge in [-0.3, -0.25) is 15.1 Å². The van der Waals surface area contributed by atoms with E-state index in [9.17, 15) is 10.1 Å². The zero-order chi connectivity index (χ0) is 16.7. The van der Waals surface area contributed by atoms with E-state index in [4.69, 9.17) is 0 Å². The zero-order valence-electron chi connectivity index (χ0n) is 13.2. The number of non-ortho nitro benzene ring substituents is 1. The molecule has 0 bridgehead atoms. The van der Waals surface area contributed by atoms with Gasteiger partial charge < -0.3 is 10.6 Å². The Morgan fingerprint density at radius 1 is 1.22 bits per heavy atom. The van der Waals surface area contributed by atoms with E-state index >= 15 is 0 Å². The van der Waals surface area contributed by atoms with Crippen molar-refractivity contribution in [1.29, 1.82) is 0 Å². The second-order valence-corrected chi connectivity index (χ2v) is 5.13. The summed E-state index contributed by atoms with van der Waals surface area (Å²) in [4.78, 5) is 14.6. The Morgan fingerprint density at radius 3 is 2.61 bits per heavy atom. The second-order valence-electron chi connectivity index (χ2n) is 5.13. The van der Waals surface area contributed by atoms with Gasteiger partial charge in [0.1, 0.15) is 0 Å². The molecule has 0 spiro atoms. The minimum absolute atomic E-state index is 0.0879.